The maximum Gasteiger partial charge on any atom is 0.252 e. The molecule has 3 rings (SSSR count). The number of guanidine groups is 1. The van der Waals surface area contributed by atoms with Crippen molar-refractivity contribution < 1.29 is 13.2 Å². The lowest BCUT2D eigenvalue weighted by atomic mass is 10.1. The summed E-state index contributed by atoms with van der Waals surface area (Å²) < 4.78 is 31.9. The molecule has 0 fully saturated rings. The quantitative estimate of drug-likeness (QED) is 0.315. The molecule has 7 nitrogen and oxygen atoms in total. The number of nitrogens with zero attached hydrogens (tertiary/aromatic N) is 2. The molecule has 2 heterocycles. The molecule has 0 saturated carbocycles. The molecule has 1 unspecified atom stereocenters. The highest BCUT2D eigenvalue weighted by Gasteiger charge is 2.22. The van der Waals surface area contributed by atoms with Gasteiger partial charge < -0.3 is 15.4 Å². The van der Waals surface area contributed by atoms with Crippen molar-refractivity contribution >= 4 is 51.3 Å². The first-order chi connectivity index (χ1) is 13.4. The summed E-state index contributed by atoms with van der Waals surface area (Å²) in [6.45, 7) is 3.80. The van der Waals surface area contributed by atoms with Gasteiger partial charge >= 0.3 is 0 Å². The first-order valence-electron chi connectivity index (χ1n) is 9.18. The molecule has 29 heavy (non-hydrogen) atoms. The molecule has 1 aliphatic rings. The molecule has 1 aromatic heterocycles. The summed E-state index contributed by atoms with van der Waals surface area (Å²) >= 11 is 1.25. The van der Waals surface area contributed by atoms with Gasteiger partial charge in [0.15, 0.2) is 5.96 Å². The Bertz CT molecular complexity index is 919. The van der Waals surface area contributed by atoms with Crippen LogP contribution in [0.2, 0.25) is 0 Å². The maximum absolute atomic E-state index is 12.2. The van der Waals surface area contributed by atoms with Gasteiger partial charge in [0.1, 0.15) is 16.1 Å². The highest BCUT2D eigenvalue weighted by atomic mass is 127. The van der Waals surface area contributed by atoms with Gasteiger partial charge in [-0.15, -0.1) is 35.3 Å². The van der Waals surface area contributed by atoms with Crippen LogP contribution < -0.4 is 15.4 Å². The number of para-hydroxylation sites is 1. The molecule has 0 radical (unpaired) electrons. The summed E-state index contributed by atoms with van der Waals surface area (Å²) in [6.07, 6.45) is 0.944. The van der Waals surface area contributed by atoms with Crippen LogP contribution in [0.5, 0.6) is 5.75 Å². The van der Waals surface area contributed by atoms with Crippen LogP contribution in [0, 0.1) is 0 Å². The monoisotopic (exact) mass is 550 g/mol. The Hall–Kier alpha value is -1.37. The third kappa shape index (κ3) is 6.06. The lowest BCUT2D eigenvalue weighted by molar-refractivity contribution is 0.235. The predicted molar refractivity (Wildman–Crippen MR) is 128 cm³/mol. The Balaban J connectivity index is 0.00000300. The van der Waals surface area contributed by atoms with E-state index >= 15 is 0 Å². The molecule has 160 valence electrons. The molecular formula is C19H27IN4O3S2. The number of benzene rings is 1. The molecule has 0 spiro atoms. The fourth-order valence-electron chi connectivity index (χ4n) is 2.84. The number of sulfonamides is 1. The van der Waals surface area contributed by atoms with Crippen LogP contribution in [-0.4, -0.2) is 52.0 Å². The number of nitrogens with one attached hydrogen (secondary N) is 2. The van der Waals surface area contributed by atoms with Gasteiger partial charge in [-0.05, 0) is 30.7 Å². The average Bonchev–Trinajstić information content (AvgIpc) is 3.30. The smallest absolute Gasteiger partial charge is 0.252 e. The minimum Gasteiger partial charge on any atom is -0.488 e. The van der Waals surface area contributed by atoms with Crippen molar-refractivity contribution in [3.05, 3.63) is 46.8 Å². The first-order valence-corrected chi connectivity index (χ1v) is 11.4. The molecule has 1 aliphatic heterocycles. The zero-order valence-electron chi connectivity index (χ0n) is 16.7. The maximum atomic E-state index is 12.2. The largest absolute Gasteiger partial charge is 0.488 e. The molecule has 0 aliphatic carbocycles. The lowest BCUT2D eigenvalue weighted by Crippen LogP contribution is -2.42. The van der Waals surface area contributed by atoms with E-state index in [0.29, 0.717) is 23.3 Å². The topological polar surface area (TPSA) is 83.0 Å². The molecule has 0 saturated heterocycles. The van der Waals surface area contributed by atoms with Gasteiger partial charge in [0.2, 0.25) is 0 Å². The zero-order valence-corrected chi connectivity index (χ0v) is 20.7. The third-order valence-corrected chi connectivity index (χ3v) is 7.67. The van der Waals surface area contributed by atoms with E-state index in [0.717, 1.165) is 23.6 Å². The van der Waals surface area contributed by atoms with Crippen molar-refractivity contribution in [3.8, 4) is 5.75 Å². The zero-order chi connectivity index (χ0) is 20.1. The fraction of sp³-hybridized carbons (Fsp3) is 0.421. The molecule has 10 heteroatoms. The summed E-state index contributed by atoms with van der Waals surface area (Å²) in [6, 6.07) is 11.5. The number of hydrogen-bond donors (Lipinski definition) is 2. The number of rotatable bonds is 7. The number of halogens is 1. The van der Waals surface area contributed by atoms with Crippen LogP contribution in [0.15, 0.2) is 45.6 Å². The average molecular weight is 550 g/mol. The summed E-state index contributed by atoms with van der Waals surface area (Å²) in [5, 5.41) is 6.53. The summed E-state index contributed by atoms with van der Waals surface area (Å²) in [7, 11) is -0.334. The van der Waals surface area contributed by atoms with E-state index < -0.39 is 10.0 Å². The van der Waals surface area contributed by atoms with Crippen molar-refractivity contribution in [1.82, 2.24) is 14.9 Å². The van der Waals surface area contributed by atoms with E-state index in [9.17, 15) is 8.42 Å². The SMILES string of the molecule is CCNC(=NCc1ccc(S(=O)(=O)N(C)C)s1)NCC1Cc2ccccc2O1.I. The normalized spacial score (nSPS) is 16.1. The minimum atomic E-state index is -3.40. The summed E-state index contributed by atoms with van der Waals surface area (Å²) in [5.41, 5.74) is 1.23. The summed E-state index contributed by atoms with van der Waals surface area (Å²) in [5.74, 6) is 1.64. The minimum absolute atomic E-state index is 0. The Kier molecular flexibility index (Phi) is 8.73. The second-order valence-electron chi connectivity index (χ2n) is 6.64. The van der Waals surface area contributed by atoms with Crippen molar-refractivity contribution in [2.75, 3.05) is 27.2 Å². The van der Waals surface area contributed by atoms with Gasteiger partial charge in [0, 0.05) is 31.9 Å². The number of fused-ring (bicyclic) bond motifs is 1. The predicted octanol–water partition coefficient (Wildman–Crippen LogP) is 2.68. The molecule has 1 atom stereocenters. The van der Waals surface area contributed by atoms with Crippen LogP contribution in [-0.2, 0) is 23.0 Å². The third-order valence-electron chi connectivity index (χ3n) is 4.32. The Morgan fingerprint density at radius 3 is 2.69 bits per heavy atom. The van der Waals surface area contributed by atoms with Crippen LogP contribution in [0.3, 0.4) is 0 Å². The van der Waals surface area contributed by atoms with Crippen molar-refractivity contribution in [2.45, 2.75) is 30.2 Å². The number of hydrogen-bond acceptors (Lipinski definition) is 5. The highest BCUT2D eigenvalue weighted by Crippen LogP contribution is 2.27. The Labute approximate surface area is 193 Å². The van der Waals surface area contributed by atoms with Crippen molar-refractivity contribution in [2.24, 2.45) is 4.99 Å². The van der Waals surface area contributed by atoms with E-state index in [1.54, 1.807) is 6.07 Å². The van der Waals surface area contributed by atoms with Gasteiger partial charge in [0.25, 0.3) is 10.0 Å². The van der Waals surface area contributed by atoms with E-state index in [2.05, 4.69) is 21.7 Å². The number of ether oxygens (including phenoxy) is 1. The van der Waals surface area contributed by atoms with Gasteiger partial charge in [-0.2, -0.15) is 0 Å². The fourth-order valence-corrected chi connectivity index (χ4v) is 5.29. The first kappa shape index (κ1) is 23.9. The molecule has 1 aromatic carbocycles. The van der Waals surface area contributed by atoms with E-state index in [4.69, 9.17) is 4.74 Å². The molecule has 2 N–H and O–H groups in total. The Morgan fingerprint density at radius 2 is 2.00 bits per heavy atom. The van der Waals surface area contributed by atoms with Gasteiger partial charge in [0.05, 0.1) is 13.1 Å². The summed E-state index contributed by atoms with van der Waals surface area (Å²) in [4.78, 5) is 5.47. The van der Waals surface area contributed by atoms with Crippen LogP contribution in [0.4, 0.5) is 0 Å². The Morgan fingerprint density at radius 1 is 1.24 bits per heavy atom. The van der Waals surface area contributed by atoms with E-state index in [1.165, 1.54) is 35.3 Å². The van der Waals surface area contributed by atoms with Crippen molar-refractivity contribution in [1.29, 1.82) is 0 Å². The van der Waals surface area contributed by atoms with Gasteiger partial charge in [-0.3, -0.25) is 0 Å². The van der Waals surface area contributed by atoms with Crippen LogP contribution in [0.25, 0.3) is 0 Å². The lowest BCUT2D eigenvalue weighted by Gasteiger charge is -2.15. The second-order valence-corrected chi connectivity index (χ2v) is 10.2. The van der Waals surface area contributed by atoms with Gasteiger partial charge in [-0.25, -0.2) is 17.7 Å². The second kappa shape index (κ2) is 10.6. The van der Waals surface area contributed by atoms with E-state index in [-0.39, 0.29) is 30.1 Å². The van der Waals surface area contributed by atoms with Crippen LogP contribution >= 0.6 is 35.3 Å². The van der Waals surface area contributed by atoms with Crippen molar-refractivity contribution in [3.63, 3.8) is 0 Å². The van der Waals surface area contributed by atoms with E-state index in [1.807, 2.05) is 31.2 Å². The van der Waals surface area contributed by atoms with Crippen LogP contribution in [0.1, 0.15) is 17.4 Å². The molecule has 0 bridgehead atoms. The molecular weight excluding hydrogens is 523 g/mol. The van der Waals surface area contributed by atoms with Gasteiger partial charge in [-0.1, -0.05) is 18.2 Å². The number of thiophene rings is 1. The molecule has 2 aromatic rings. The standard InChI is InChI=1S/C19H26N4O3S2.HI/c1-4-20-19(21-12-15-11-14-7-5-6-8-17(14)26-15)22-13-16-9-10-18(27-16)28(24,25)23(2)3;/h5-10,15H,4,11-13H2,1-3H3,(H2,20,21,22);1H. The molecule has 0 amide bonds. The highest BCUT2D eigenvalue weighted by molar-refractivity contribution is 14.0. The number of aliphatic imine (C=N–C) groups is 1.